The van der Waals surface area contributed by atoms with Crippen molar-refractivity contribution < 1.29 is 27.6 Å². The van der Waals surface area contributed by atoms with Gasteiger partial charge in [0.15, 0.2) is 0 Å². The van der Waals surface area contributed by atoms with E-state index in [0.29, 0.717) is 52.1 Å². The number of hydrogen-bond acceptors (Lipinski definition) is 5. The smallest absolute Gasteiger partial charge is 0.369 e. The topological polar surface area (TPSA) is 99.0 Å². The summed E-state index contributed by atoms with van der Waals surface area (Å²) in [6.07, 6.45) is -3.24. The van der Waals surface area contributed by atoms with Crippen molar-refractivity contribution in [2.24, 2.45) is 11.7 Å². The third kappa shape index (κ3) is 6.42. The highest BCUT2D eigenvalue weighted by Gasteiger charge is 2.34. The number of nitrogens with zero attached hydrogens (tertiary/aromatic N) is 3. The molecular formula is C21H28F3N5O3. The van der Waals surface area contributed by atoms with E-state index in [1.165, 1.54) is 18.2 Å². The summed E-state index contributed by atoms with van der Waals surface area (Å²) in [7, 11) is 0. The van der Waals surface area contributed by atoms with E-state index in [-0.39, 0.29) is 36.5 Å². The number of amides is 3. The number of likely N-dealkylation sites (tertiary alicyclic amines) is 1. The number of halogens is 3. The zero-order valence-electron chi connectivity index (χ0n) is 17.7. The number of nitrogens with two attached hydrogens (primary N) is 1. The van der Waals surface area contributed by atoms with Gasteiger partial charge in [-0.2, -0.15) is 13.2 Å². The van der Waals surface area contributed by atoms with Crippen molar-refractivity contribution in [3.05, 3.63) is 29.8 Å². The second kappa shape index (κ2) is 10.3. The first kappa shape index (κ1) is 24.0. The van der Waals surface area contributed by atoms with Crippen LogP contribution in [0.1, 0.15) is 18.4 Å². The molecule has 0 spiro atoms. The van der Waals surface area contributed by atoms with Gasteiger partial charge in [-0.05, 0) is 38.1 Å². The number of piperazine rings is 1. The van der Waals surface area contributed by atoms with Gasteiger partial charge in [0.1, 0.15) is 0 Å². The van der Waals surface area contributed by atoms with Crippen LogP contribution in [0.2, 0.25) is 0 Å². The number of hydrogen-bond donors (Lipinski definition) is 2. The van der Waals surface area contributed by atoms with E-state index in [0.717, 1.165) is 6.07 Å². The molecule has 2 saturated heterocycles. The van der Waals surface area contributed by atoms with Crippen LogP contribution in [0.25, 0.3) is 0 Å². The zero-order chi connectivity index (χ0) is 23.3. The van der Waals surface area contributed by atoms with Gasteiger partial charge in [-0.25, -0.2) is 0 Å². The Kier molecular flexibility index (Phi) is 7.73. The number of benzene rings is 1. The fraction of sp³-hybridized carbons (Fsp3) is 0.571. The lowest BCUT2D eigenvalue weighted by atomic mass is 9.96. The first-order valence-corrected chi connectivity index (χ1v) is 10.6. The van der Waals surface area contributed by atoms with Crippen LogP contribution in [-0.2, 0) is 20.6 Å². The van der Waals surface area contributed by atoms with Crippen molar-refractivity contribution in [3.8, 4) is 0 Å². The zero-order valence-corrected chi connectivity index (χ0v) is 17.7. The van der Waals surface area contributed by atoms with Crippen LogP contribution in [0.5, 0.6) is 0 Å². The molecule has 2 aliphatic rings. The molecule has 0 atom stereocenters. The van der Waals surface area contributed by atoms with Gasteiger partial charge in [-0.1, -0.05) is 12.1 Å². The summed E-state index contributed by atoms with van der Waals surface area (Å²) >= 11 is 0. The van der Waals surface area contributed by atoms with Crippen molar-refractivity contribution in [1.82, 2.24) is 14.7 Å². The molecule has 32 heavy (non-hydrogen) atoms. The predicted octanol–water partition coefficient (Wildman–Crippen LogP) is 0.985. The fourth-order valence-electron chi connectivity index (χ4n) is 4.05. The predicted molar refractivity (Wildman–Crippen MR) is 111 cm³/mol. The third-order valence-corrected chi connectivity index (χ3v) is 5.95. The molecule has 0 bridgehead atoms. The number of piperidine rings is 1. The van der Waals surface area contributed by atoms with Crippen LogP contribution in [0.15, 0.2) is 24.3 Å². The van der Waals surface area contributed by atoms with Crippen molar-refractivity contribution in [2.75, 3.05) is 57.7 Å². The van der Waals surface area contributed by atoms with Crippen LogP contribution in [0, 0.1) is 5.92 Å². The highest BCUT2D eigenvalue weighted by Crippen LogP contribution is 2.34. The molecule has 0 aromatic heterocycles. The Morgan fingerprint density at radius 2 is 1.53 bits per heavy atom. The minimum Gasteiger partial charge on any atom is -0.369 e. The fourth-order valence-corrected chi connectivity index (χ4v) is 4.05. The number of alkyl halides is 3. The first-order chi connectivity index (χ1) is 15.1. The van der Waals surface area contributed by atoms with Crippen molar-refractivity contribution in [2.45, 2.75) is 19.0 Å². The quantitative estimate of drug-likeness (QED) is 0.667. The molecule has 8 nitrogen and oxygen atoms in total. The Bertz CT molecular complexity index is 832. The molecule has 2 fully saturated rings. The third-order valence-electron chi connectivity index (χ3n) is 5.95. The molecule has 0 saturated carbocycles. The van der Waals surface area contributed by atoms with E-state index >= 15 is 0 Å². The second-order valence-corrected chi connectivity index (χ2v) is 8.20. The van der Waals surface area contributed by atoms with Gasteiger partial charge in [0.25, 0.3) is 0 Å². The summed E-state index contributed by atoms with van der Waals surface area (Å²) in [5.74, 6) is -0.957. The van der Waals surface area contributed by atoms with E-state index in [1.54, 1.807) is 4.90 Å². The molecule has 1 aromatic carbocycles. The standard InChI is InChI=1S/C21H28F3N5O3/c22-21(23,24)16-3-1-2-4-17(16)26-18(30)13-28-9-11-29(12-10-28)19(31)14-27-7-5-15(6-8-27)20(25)32/h1-4,15H,5-14H2,(H2,25,32)(H,26,30). The molecule has 3 amide bonds. The van der Waals surface area contributed by atoms with Crippen molar-refractivity contribution in [1.29, 1.82) is 0 Å². The van der Waals surface area contributed by atoms with Crippen molar-refractivity contribution in [3.63, 3.8) is 0 Å². The molecule has 11 heteroatoms. The molecule has 0 radical (unpaired) electrons. The van der Waals surface area contributed by atoms with Gasteiger partial charge in [0, 0.05) is 32.1 Å². The Morgan fingerprint density at radius 1 is 0.938 bits per heavy atom. The summed E-state index contributed by atoms with van der Waals surface area (Å²) in [6.45, 7) is 3.35. The number of anilines is 1. The van der Waals surface area contributed by atoms with E-state index in [4.69, 9.17) is 5.73 Å². The van der Waals surface area contributed by atoms with Gasteiger partial charge in [-0.3, -0.25) is 24.2 Å². The molecule has 3 rings (SSSR count). The summed E-state index contributed by atoms with van der Waals surface area (Å²) in [5.41, 5.74) is 4.18. The molecule has 1 aromatic rings. The lowest BCUT2D eigenvalue weighted by Gasteiger charge is -2.36. The lowest BCUT2D eigenvalue weighted by molar-refractivity contribution is -0.137. The summed E-state index contributed by atoms with van der Waals surface area (Å²) in [6, 6.07) is 4.86. The maximum Gasteiger partial charge on any atom is 0.418 e. The maximum absolute atomic E-state index is 13.1. The molecule has 176 valence electrons. The number of nitrogens with one attached hydrogen (secondary N) is 1. The van der Waals surface area contributed by atoms with Crippen molar-refractivity contribution >= 4 is 23.4 Å². The van der Waals surface area contributed by atoms with Gasteiger partial charge >= 0.3 is 6.18 Å². The Hall–Kier alpha value is -2.66. The van der Waals surface area contributed by atoms with Gasteiger partial charge in [-0.15, -0.1) is 0 Å². The van der Waals surface area contributed by atoms with Crippen LogP contribution in [-0.4, -0.2) is 84.8 Å². The second-order valence-electron chi connectivity index (χ2n) is 8.20. The lowest BCUT2D eigenvalue weighted by Crippen LogP contribution is -2.53. The Balaban J connectivity index is 1.42. The van der Waals surface area contributed by atoms with Crippen LogP contribution >= 0.6 is 0 Å². The first-order valence-electron chi connectivity index (χ1n) is 10.6. The molecular weight excluding hydrogens is 427 g/mol. The van der Waals surface area contributed by atoms with E-state index in [1.807, 2.05) is 9.80 Å². The summed E-state index contributed by atoms with van der Waals surface area (Å²) < 4.78 is 39.2. The number of carbonyl (C=O) groups excluding carboxylic acids is 3. The molecule has 0 aliphatic carbocycles. The van der Waals surface area contributed by atoms with Crippen LogP contribution < -0.4 is 11.1 Å². The number of primary amides is 1. The maximum atomic E-state index is 13.1. The van der Waals surface area contributed by atoms with E-state index in [2.05, 4.69) is 5.32 Å². The minimum atomic E-state index is -4.55. The summed E-state index contributed by atoms with van der Waals surface area (Å²) in [5, 5.41) is 2.34. The average Bonchev–Trinajstić information content (AvgIpc) is 2.74. The number of carbonyl (C=O) groups is 3. The van der Waals surface area contributed by atoms with E-state index < -0.39 is 17.6 Å². The highest BCUT2D eigenvalue weighted by atomic mass is 19.4. The van der Waals surface area contributed by atoms with Crippen LogP contribution in [0.4, 0.5) is 18.9 Å². The minimum absolute atomic E-state index is 0.00858. The highest BCUT2D eigenvalue weighted by molar-refractivity contribution is 5.93. The number of rotatable bonds is 6. The van der Waals surface area contributed by atoms with E-state index in [9.17, 15) is 27.6 Å². The average molecular weight is 455 g/mol. The van der Waals surface area contributed by atoms with Gasteiger partial charge in [0.05, 0.1) is 24.3 Å². The van der Waals surface area contributed by atoms with Gasteiger partial charge < -0.3 is 16.0 Å². The molecule has 0 unspecified atom stereocenters. The Morgan fingerprint density at radius 3 is 2.12 bits per heavy atom. The molecule has 2 heterocycles. The largest absolute Gasteiger partial charge is 0.418 e. The SMILES string of the molecule is NC(=O)C1CCN(CC(=O)N2CCN(CC(=O)Nc3ccccc3C(F)(F)F)CC2)CC1. The normalized spacial score (nSPS) is 19.0. The molecule has 3 N–H and O–H groups in total. The monoisotopic (exact) mass is 455 g/mol. The summed E-state index contributed by atoms with van der Waals surface area (Å²) in [4.78, 5) is 41.6. The van der Waals surface area contributed by atoms with Crippen LogP contribution in [0.3, 0.4) is 0 Å². The molecule has 2 aliphatic heterocycles. The Labute approximate surface area is 184 Å². The van der Waals surface area contributed by atoms with Gasteiger partial charge in [0.2, 0.25) is 17.7 Å². The number of para-hydroxylation sites is 1.